The Morgan fingerprint density at radius 3 is 2.75 bits per heavy atom. The lowest BCUT2D eigenvalue weighted by atomic mass is 10.2. The Morgan fingerprint density at radius 1 is 1.58 bits per heavy atom. The van der Waals surface area contributed by atoms with Gasteiger partial charge in [0, 0.05) is 0 Å². The molecule has 0 aliphatic carbocycles. The van der Waals surface area contributed by atoms with Crippen molar-refractivity contribution < 1.29 is 13.9 Å². The summed E-state index contributed by atoms with van der Waals surface area (Å²) in [5, 5.41) is 0. The Morgan fingerprint density at radius 2 is 2.25 bits per heavy atom. The van der Waals surface area contributed by atoms with E-state index in [1.807, 2.05) is 0 Å². The fourth-order valence-corrected chi connectivity index (χ4v) is 0.836. The van der Waals surface area contributed by atoms with E-state index in [1.165, 1.54) is 18.2 Å². The number of nitrogens with two attached hydrogens (primary N) is 1. The van der Waals surface area contributed by atoms with E-state index in [2.05, 4.69) is 4.74 Å². The lowest BCUT2D eigenvalue weighted by molar-refractivity contribution is 0.210. The van der Waals surface area contributed by atoms with Crippen molar-refractivity contribution in [2.24, 2.45) is 5.73 Å². The van der Waals surface area contributed by atoms with Gasteiger partial charge < -0.3 is 10.5 Å². The first-order valence-corrected chi connectivity index (χ1v) is 3.33. The molecule has 0 aliphatic rings. The van der Waals surface area contributed by atoms with Gasteiger partial charge in [-0.2, -0.15) is 0 Å². The van der Waals surface area contributed by atoms with E-state index in [-0.39, 0.29) is 11.6 Å². The number of halogens is 1. The monoisotopic (exact) mass is 169 g/mol. The highest BCUT2D eigenvalue weighted by atomic mass is 19.1. The maximum Gasteiger partial charge on any atom is 0.409 e. The second-order valence-corrected chi connectivity index (χ2v) is 2.33. The summed E-state index contributed by atoms with van der Waals surface area (Å²) in [6.45, 7) is 1.63. The Bertz CT molecular complexity index is 312. The van der Waals surface area contributed by atoms with Gasteiger partial charge in [-0.15, -0.1) is 0 Å². The molecule has 64 valence electrons. The van der Waals surface area contributed by atoms with Crippen molar-refractivity contribution in [1.29, 1.82) is 0 Å². The zero-order chi connectivity index (χ0) is 9.14. The molecule has 0 saturated heterocycles. The number of rotatable bonds is 1. The summed E-state index contributed by atoms with van der Waals surface area (Å²) in [4.78, 5) is 10.3. The average Bonchev–Trinajstić information content (AvgIpc) is 1.94. The number of carbonyl (C=O) groups excluding carboxylic acids is 1. The second-order valence-electron chi connectivity index (χ2n) is 2.33. The maximum absolute atomic E-state index is 12.5. The first-order valence-electron chi connectivity index (χ1n) is 3.33. The van der Waals surface area contributed by atoms with Gasteiger partial charge in [0.15, 0.2) is 0 Å². The molecule has 0 atom stereocenters. The van der Waals surface area contributed by atoms with Crippen molar-refractivity contribution in [3.8, 4) is 5.75 Å². The van der Waals surface area contributed by atoms with E-state index >= 15 is 0 Å². The third kappa shape index (κ3) is 1.95. The normalized spacial score (nSPS) is 9.50. The molecule has 1 aromatic rings. The van der Waals surface area contributed by atoms with E-state index in [0.717, 1.165) is 0 Å². The summed E-state index contributed by atoms with van der Waals surface area (Å²) in [5.74, 6) is -0.0896. The Hall–Kier alpha value is -1.58. The highest BCUT2D eigenvalue weighted by Gasteiger charge is 2.03. The van der Waals surface area contributed by atoms with Crippen LogP contribution in [-0.2, 0) is 0 Å². The fourth-order valence-electron chi connectivity index (χ4n) is 0.836. The molecule has 2 N–H and O–H groups in total. The minimum absolute atomic E-state index is 0.281. The van der Waals surface area contributed by atoms with Crippen LogP contribution >= 0.6 is 0 Å². The van der Waals surface area contributed by atoms with Crippen LogP contribution in [0.25, 0.3) is 0 Å². The number of aryl methyl sites for hydroxylation is 1. The largest absolute Gasteiger partial charge is 0.410 e. The van der Waals surface area contributed by atoms with Gasteiger partial charge in [0.1, 0.15) is 11.6 Å². The van der Waals surface area contributed by atoms with Gasteiger partial charge in [-0.3, -0.25) is 0 Å². The zero-order valence-electron chi connectivity index (χ0n) is 6.50. The lowest BCUT2D eigenvalue weighted by Gasteiger charge is -2.03. The minimum Gasteiger partial charge on any atom is -0.410 e. The van der Waals surface area contributed by atoms with E-state index in [1.54, 1.807) is 6.92 Å². The summed E-state index contributed by atoms with van der Waals surface area (Å²) in [7, 11) is 0. The lowest BCUT2D eigenvalue weighted by Crippen LogP contribution is -2.16. The van der Waals surface area contributed by atoms with E-state index in [9.17, 15) is 9.18 Å². The molecule has 0 fully saturated rings. The van der Waals surface area contributed by atoms with Gasteiger partial charge in [-0.05, 0) is 30.7 Å². The number of amides is 1. The smallest absolute Gasteiger partial charge is 0.409 e. The van der Waals surface area contributed by atoms with Crippen LogP contribution in [0.5, 0.6) is 5.75 Å². The van der Waals surface area contributed by atoms with Crippen molar-refractivity contribution >= 4 is 6.09 Å². The summed E-state index contributed by atoms with van der Waals surface area (Å²) in [6.07, 6.45) is -0.898. The van der Waals surface area contributed by atoms with Crippen molar-refractivity contribution in [2.75, 3.05) is 0 Å². The van der Waals surface area contributed by atoms with Crippen LogP contribution in [0.15, 0.2) is 18.2 Å². The number of ether oxygens (including phenoxy) is 1. The molecule has 1 rings (SSSR count). The molecule has 0 heterocycles. The van der Waals surface area contributed by atoms with Crippen LogP contribution in [0.4, 0.5) is 9.18 Å². The Balaban J connectivity index is 2.93. The molecule has 0 bridgehead atoms. The molecule has 1 amide bonds. The van der Waals surface area contributed by atoms with Crippen molar-refractivity contribution in [2.45, 2.75) is 6.92 Å². The first kappa shape index (κ1) is 8.52. The highest BCUT2D eigenvalue weighted by molar-refractivity contribution is 5.68. The van der Waals surface area contributed by atoms with Crippen LogP contribution in [0.3, 0.4) is 0 Å². The predicted octanol–water partition coefficient (Wildman–Crippen LogP) is 1.59. The second kappa shape index (κ2) is 3.21. The summed E-state index contributed by atoms with van der Waals surface area (Å²) in [6, 6.07) is 3.82. The maximum atomic E-state index is 12.5. The molecule has 12 heavy (non-hydrogen) atoms. The predicted molar refractivity (Wildman–Crippen MR) is 41.3 cm³/mol. The molecule has 0 aliphatic heterocycles. The van der Waals surface area contributed by atoms with Gasteiger partial charge >= 0.3 is 6.09 Å². The molecule has 4 heteroatoms. The summed E-state index contributed by atoms with van der Waals surface area (Å²) >= 11 is 0. The van der Waals surface area contributed by atoms with E-state index < -0.39 is 6.09 Å². The summed E-state index contributed by atoms with van der Waals surface area (Å²) in [5.41, 5.74) is 5.31. The Kier molecular flexibility index (Phi) is 2.28. The Labute approximate surface area is 68.9 Å². The SMILES string of the molecule is Cc1cc(F)ccc1OC(N)=O. The molecular formula is C8H8FNO2. The number of primary amides is 1. The highest BCUT2D eigenvalue weighted by Crippen LogP contribution is 2.17. The number of hydrogen-bond donors (Lipinski definition) is 1. The van der Waals surface area contributed by atoms with Gasteiger partial charge in [-0.1, -0.05) is 0 Å². The molecule has 0 radical (unpaired) electrons. The molecule has 0 aromatic heterocycles. The van der Waals surface area contributed by atoms with Crippen molar-refractivity contribution in [1.82, 2.24) is 0 Å². The van der Waals surface area contributed by atoms with E-state index in [0.29, 0.717) is 5.56 Å². The van der Waals surface area contributed by atoms with Crippen LogP contribution < -0.4 is 10.5 Å². The third-order valence-corrected chi connectivity index (χ3v) is 1.35. The van der Waals surface area contributed by atoms with Crippen molar-refractivity contribution in [3.05, 3.63) is 29.6 Å². The quantitative estimate of drug-likeness (QED) is 0.694. The van der Waals surface area contributed by atoms with Gasteiger partial charge in [0.05, 0.1) is 0 Å². The standard InChI is InChI=1S/C8H8FNO2/c1-5-4-6(9)2-3-7(5)12-8(10)11/h2-4H,1H3,(H2,10,11). The number of benzene rings is 1. The summed E-state index contributed by atoms with van der Waals surface area (Å²) < 4.78 is 17.1. The average molecular weight is 169 g/mol. The minimum atomic E-state index is -0.898. The van der Waals surface area contributed by atoms with Gasteiger partial charge in [0.2, 0.25) is 0 Å². The van der Waals surface area contributed by atoms with Crippen LogP contribution in [0.2, 0.25) is 0 Å². The molecular weight excluding hydrogens is 161 g/mol. The topological polar surface area (TPSA) is 52.3 Å². The van der Waals surface area contributed by atoms with Gasteiger partial charge in [-0.25, -0.2) is 9.18 Å². The van der Waals surface area contributed by atoms with Crippen LogP contribution in [-0.4, -0.2) is 6.09 Å². The fraction of sp³-hybridized carbons (Fsp3) is 0.125. The third-order valence-electron chi connectivity index (χ3n) is 1.35. The molecule has 3 nitrogen and oxygen atoms in total. The van der Waals surface area contributed by atoms with Crippen LogP contribution in [0, 0.1) is 12.7 Å². The van der Waals surface area contributed by atoms with E-state index in [4.69, 9.17) is 5.73 Å². The molecule has 0 spiro atoms. The zero-order valence-corrected chi connectivity index (χ0v) is 6.50. The molecule has 0 unspecified atom stereocenters. The molecule has 0 saturated carbocycles. The first-order chi connectivity index (χ1) is 5.59. The number of carbonyl (C=O) groups is 1. The van der Waals surface area contributed by atoms with Crippen LogP contribution in [0.1, 0.15) is 5.56 Å². The molecule has 1 aromatic carbocycles. The van der Waals surface area contributed by atoms with Gasteiger partial charge in [0.25, 0.3) is 0 Å². The number of hydrogen-bond acceptors (Lipinski definition) is 2. The van der Waals surface area contributed by atoms with Crippen molar-refractivity contribution in [3.63, 3.8) is 0 Å².